The van der Waals surface area contributed by atoms with Crippen molar-refractivity contribution in [2.75, 3.05) is 0 Å². The van der Waals surface area contributed by atoms with E-state index in [4.69, 9.17) is 17.4 Å². The third kappa shape index (κ3) is 2.59. The lowest BCUT2D eigenvalue weighted by Gasteiger charge is -2.30. The van der Waals surface area contributed by atoms with Gasteiger partial charge in [-0.05, 0) is 47.6 Å². The van der Waals surface area contributed by atoms with Crippen LogP contribution in [-0.2, 0) is 0 Å². The maximum absolute atomic E-state index is 6.11. The zero-order valence-corrected chi connectivity index (χ0v) is 12.1. The number of halogens is 1. The van der Waals surface area contributed by atoms with Gasteiger partial charge in [0.2, 0.25) is 0 Å². The molecule has 3 rings (SSSR count). The number of nitrogens with two attached hydrogens (primary N) is 1. The molecule has 0 bridgehead atoms. The van der Waals surface area contributed by atoms with Crippen molar-refractivity contribution in [1.29, 1.82) is 0 Å². The Balaban J connectivity index is 2.01. The summed E-state index contributed by atoms with van der Waals surface area (Å²) in [7, 11) is 0. The van der Waals surface area contributed by atoms with Gasteiger partial charge in [0.25, 0.3) is 0 Å². The Hall–Kier alpha value is -1.35. The van der Waals surface area contributed by atoms with E-state index in [1.54, 1.807) is 0 Å². The number of hydrazine groups is 1. The Labute approximate surface area is 124 Å². The molecule has 2 aromatic rings. The topological polar surface area (TPSA) is 38.0 Å². The molecular formula is C17H19ClN2. The Morgan fingerprint density at radius 2 is 1.90 bits per heavy atom. The molecule has 1 unspecified atom stereocenters. The monoisotopic (exact) mass is 286 g/mol. The van der Waals surface area contributed by atoms with E-state index in [1.165, 1.54) is 30.4 Å². The first-order valence-corrected chi connectivity index (χ1v) is 7.48. The van der Waals surface area contributed by atoms with Crippen LogP contribution in [0.3, 0.4) is 0 Å². The summed E-state index contributed by atoms with van der Waals surface area (Å²) in [5.41, 5.74) is 6.73. The van der Waals surface area contributed by atoms with Gasteiger partial charge in [-0.25, -0.2) is 5.43 Å². The Kier molecular flexibility index (Phi) is 4.06. The van der Waals surface area contributed by atoms with Crippen molar-refractivity contribution < 1.29 is 0 Å². The van der Waals surface area contributed by atoms with Gasteiger partial charge in [-0.1, -0.05) is 54.4 Å². The van der Waals surface area contributed by atoms with Crippen LogP contribution in [0, 0.1) is 0 Å². The van der Waals surface area contributed by atoms with Crippen LogP contribution in [0.4, 0.5) is 0 Å². The van der Waals surface area contributed by atoms with Crippen molar-refractivity contribution in [2.45, 2.75) is 31.2 Å². The second-order valence-corrected chi connectivity index (χ2v) is 5.85. The lowest BCUT2D eigenvalue weighted by atomic mass is 9.76. The summed E-state index contributed by atoms with van der Waals surface area (Å²) in [4.78, 5) is 0. The standard InChI is InChI=1S/C17H19ClN2/c18-14-8-4-7-13(11-14)17(20-19)16-10-2-1-9-15(16)12-5-3-6-12/h1-2,4,7-12,17,20H,3,5-6,19H2. The van der Waals surface area contributed by atoms with E-state index in [1.807, 2.05) is 18.2 Å². The smallest absolute Gasteiger partial charge is 0.0713 e. The molecule has 2 nitrogen and oxygen atoms in total. The molecule has 0 aliphatic heterocycles. The molecule has 1 atom stereocenters. The second kappa shape index (κ2) is 5.96. The fourth-order valence-corrected chi connectivity index (χ4v) is 3.12. The molecule has 3 heteroatoms. The number of benzene rings is 2. The summed E-state index contributed by atoms with van der Waals surface area (Å²) in [5, 5.41) is 0.740. The summed E-state index contributed by atoms with van der Waals surface area (Å²) in [6.45, 7) is 0. The zero-order valence-electron chi connectivity index (χ0n) is 11.4. The molecule has 2 aromatic carbocycles. The first-order valence-electron chi connectivity index (χ1n) is 7.10. The highest BCUT2D eigenvalue weighted by Crippen LogP contribution is 2.40. The lowest BCUT2D eigenvalue weighted by Crippen LogP contribution is -2.30. The third-order valence-corrected chi connectivity index (χ3v) is 4.44. The van der Waals surface area contributed by atoms with E-state index < -0.39 is 0 Å². The van der Waals surface area contributed by atoms with Crippen LogP contribution in [0.5, 0.6) is 0 Å². The molecule has 0 radical (unpaired) electrons. The van der Waals surface area contributed by atoms with Crippen molar-refractivity contribution in [3.8, 4) is 0 Å². The van der Waals surface area contributed by atoms with E-state index >= 15 is 0 Å². The Morgan fingerprint density at radius 1 is 1.10 bits per heavy atom. The second-order valence-electron chi connectivity index (χ2n) is 5.41. The van der Waals surface area contributed by atoms with Crippen LogP contribution < -0.4 is 11.3 Å². The summed E-state index contributed by atoms with van der Waals surface area (Å²) >= 11 is 6.11. The summed E-state index contributed by atoms with van der Waals surface area (Å²) in [5.74, 6) is 6.50. The van der Waals surface area contributed by atoms with Crippen molar-refractivity contribution in [2.24, 2.45) is 5.84 Å². The Morgan fingerprint density at radius 3 is 2.55 bits per heavy atom. The molecule has 20 heavy (non-hydrogen) atoms. The lowest BCUT2D eigenvalue weighted by molar-refractivity contribution is 0.414. The van der Waals surface area contributed by atoms with Crippen molar-refractivity contribution in [3.05, 3.63) is 70.2 Å². The Bertz CT molecular complexity index is 593. The fourth-order valence-electron chi connectivity index (χ4n) is 2.92. The predicted molar refractivity (Wildman–Crippen MR) is 83.7 cm³/mol. The number of hydrogen-bond acceptors (Lipinski definition) is 2. The van der Waals surface area contributed by atoms with Crippen molar-refractivity contribution >= 4 is 11.6 Å². The average Bonchev–Trinajstić information content (AvgIpc) is 2.40. The van der Waals surface area contributed by atoms with Crippen LogP contribution in [0.15, 0.2) is 48.5 Å². The van der Waals surface area contributed by atoms with Crippen LogP contribution in [-0.4, -0.2) is 0 Å². The molecular weight excluding hydrogens is 268 g/mol. The van der Waals surface area contributed by atoms with Gasteiger partial charge in [0.15, 0.2) is 0 Å². The van der Waals surface area contributed by atoms with Gasteiger partial charge in [0, 0.05) is 5.02 Å². The minimum atomic E-state index is -0.00880. The summed E-state index contributed by atoms with van der Waals surface area (Å²) in [6.07, 6.45) is 3.89. The highest BCUT2D eigenvalue weighted by atomic mass is 35.5. The number of rotatable bonds is 4. The van der Waals surface area contributed by atoms with Crippen molar-refractivity contribution in [3.63, 3.8) is 0 Å². The highest BCUT2D eigenvalue weighted by molar-refractivity contribution is 6.30. The van der Waals surface area contributed by atoms with Crippen molar-refractivity contribution in [1.82, 2.24) is 5.43 Å². The van der Waals surface area contributed by atoms with Gasteiger partial charge in [-0.2, -0.15) is 0 Å². The average molecular weight is 287 g/mol. The van der Waals surface area contributed by atoms with Crippen LogP contribution >= 0.6 is 11.6 Å². The molecule has 1 fully saturated rings. The van der Waals surface area contributed by atoms with E-state index in [-0.39, 0.29) is 6.04 Å². The maximum Gasteiger partial charge on any atom is 0.0713 e. The van der Waals surface area contributed by atoms with Gasteiger partial charge in [0.1, 0.15) is 0 Å². The normalized spacial score (nSPS) is 16.7. The van der Waals surface area contributed by atoms with E-state index in [0.717, 1.165) is 10.6 Å². The zero-order chi connectivity index (χ0) is 13.9. The predicted octanol–water partition coefficient (Wildman–Crippen LogP) is 4.16. The number of nitrogens with one attached hydrogen (secondary N) is 1. The molecule has 1 aliphatic carbocycles. The molecule has 0 saturated heterocycles. The number of hydrogen-bond donors (Lipinski definition) is 2. The van der Waals surface area contributed by atoms with Gasteiger partial charge in [0.05, 0.1) is 6.04 Å². The van der Waals surface area contributed by atoms with E-state index in [2.05, 4.69) is 35.8 Å². The highest BCUT2D eigenvalue weighted by Gasteiger charge is 2.25. The van der Waals surface area contributed by atoms with Crippen LogP contribution in [0.1, 0.15) is 47.9 Å². The molecule has 0 heterocycles. The van der Waals surface area contributed by atoms with Gasteiger partial charge < -0.3 is 0 Å². The molecule has 0 aromatic heterocycles. The molecule has 3 N–H and O–H groups in total. The molecule has 1 aliphatic rings. The third-order valence-electron chi connectivity index (χ3n) is 4.20. The molecule has 104 valence electrons. The van der Waals surface area contributed by atoms with Gasteiger partial charge >= 0.3 is 0 Å². The van der Waals surface area contributed by atoms with Gasteiger partial charge in [-0.15, -0.1) is 0 Å². The summed E-state index contributed by atoms with van der Waals surface area (Å²) < 4.78 is 0. The van der Waals surface area contributed by atoms with Gasteiger partial charge in [-0.3, -0.25) is 5.84 Å². The minimum Gasteiger partial charge on any atom is -0.271 e. The molecule has 0 amide bonds. The summed E-state index contributed by atoms with van der Waals surface area (Å²) in [6, 6.07) is 16.5. The molecule has 0 spiro atoms. The largest absolute Gasteiger partial charge is 0.271 e. The first-order chi connectivity index (χ1) is 9.79. The van der Waals surface area contributed by atoms with Crippen LogP contribution in [0.25, 0.3) is 0 Å². The van der Waals surface area contributed by atoms with E-state index in [9.17, 15) is 0 Å². The quantitative estimate of drug-likeness (QED) is 0.654. The first kappa shape index (κ1) is 13.6. The fraction of sp³-hybridized carbons (Fsp3) is 0.294. The maximum atomic E-state index is 6.11. The minimum absolute atomic E-state index is 0.00880. The van der Waals surface area contributed by atoms with E-state index in [0.29, 0.717) is 5.92 Å². The molecule has 1 saturated carbocycles. The SMILES string of the molecule is NNC(c1cccc(Cl)c1)c1ccccc1C1CCC1. The van der Waals surface area contributed by atoms with Crippen LogP contribution in [0.2, 0.25) is 5.02 Å².